The molecule has 8 nitrogen and oxygen atoms in total. The van der Waals surface area contributed by atoms with Crippen LogP contribution in [0.1, 0.15) is 38.5 Å². The van der Waals surface area contributed by atoms with Crippen LogP contribution in [0, 0.1) is 5.41 Å². The lowest BCUT2D eigenvalue weighted by atomic mass is 9.79. The maximum Gasteiger partial charge on any atom is 0.325 e. The van der Waals surface area contributed by atoms with Gasteiger partial charge in [0.25, 0.3) is 5.91 Å². The van der Waals surface area contributed by atoms with Gasteiger partial charge in [-0.3, -0.25) is 14.5 Å². The number of amides is 4. The van der Waals surface area contributed by atoms with Crippen molar-refractivity contribution in [2.45, 2.75) is 44.1 Å². The molecule has 140 valence electrons. The van der Waals surface area contributed by atoms with Gasteiger partial charge in [-0.1, -0.05) is 12.8 Å². The number of carbonyl (C=O) groups excluding carboxylic acids is 3. The van der Waals surface area contributed by atoms with Crippen molar-refractivity contribution in [3.05, 3.63) is 0 Å². The highest BCUT2D eigenvalue weighted by Gasteiger charge is 2.52. The topological polar surface area (TPSA) is 99.8 Å². The molecule has 0 unspecified atom stereocenters. The van der Waals surface area contributed by atoms with E-state index in [2.05, 4.69) is 16.0 Å². The minimum Gasteiger partial charge on any atom is -0.384 e. The van der Waals surface area contributed by atoms with Gasteiger partial charge >= 0.3 is 6.03 Å². The molecule has 2 saturated heterocycles. The van der Waals surface area contributed by atoms with Gasteiger partial charge in [0.15, 0.2) is 0 Å². The second-order valence-electron chi connectivity index (χ2n) is 7.57. The van der Waals surface area contributed by atoms with Gasteiger partial charge < -0.3 is 20.7 Å². The van der Waals surface area contributed by atoms with Crippen LogP contribution in [0.25, 0.3) is 0 Å². The number of urea groups is 1. The van der Waals surface area contributed by atoms with Crippen molar-refractivity contribution in [1.29, 1.82) is 0 Å². The number of carbonyl (C=O) groups is 3. The molecule has 0 aromatic carbocycles. The molecule has 0 aromatic rings. The second-order valence-corrected chi connectivity index (χ2v) is 7.57. The van der Waals surface area contributed by atoms with E-state index < -0.39 is 11.6 Å². The molecule has 1 spiro atoms. The van der Waals surface area contributed by atoms with Gasteiger partial charge in [-0.15, -0.1) is 0 Å². The summed E-state index contributed by atoms with van der Waals surface area (Å²) in [5.74, 6) is -0.550. The Hall–Kier alpha value is -1.67. The zero-order valence-electron chi connectivity index (χ0n) is 14.9. The Bertz CT molecular complexity index is 533. The first-order chi connectivity index (χ1) is 12.0. The van der Waals surface area contributed by atoms with Crippen LogP contribution in [-0.2, 0) is 14.3 Å². The van der Waals surface area contributed by atoms with E-state index in [1.165, 1.54) is 0 Å². The Morgan fingerprint density at radius 1 is 1.20 bits per heavy atom. The van der Waals surface area contributed by atoms with Gasteiger partial charge in [-0.25, -0.2) is 4.79 Å². The van der Waals surface area contributed by atoms with E-state index in [1.54, 1.807) is 7.11 Å². The number of hydrogen-bond donors (Lipinski definition) is 3. The molecule has 0 radical (unpaired) electrons. The van der Waals surface area contributed by atoms with Crippen molar-refractivity contribution in [3.8, 4) is 0 Å². The normalized spacial score (nSPS) is 24.6. The summed E-state index contributed by atoms with van der Waals surface area (Å²) < 4.78 is 5.34. The lowest BCUT2D eigenvalue weighted by Crippen LogP contribution is -2.49. The molecule has 2 aliphatic heterocycles. The first-order valence-corrected chi connectivity index (χ1v) is 9.11. The average Bonchev–Trinajstić information content (AvgIpc) is 3.15. The van der Waals surface area contributed by atoms with E-state index in [9.17, 15) is 14.4 Å². The highest BCUT2D eigenvalue weighted by Crippen LogP contribution is 2.35. The quantitative estimate of drug-likeness (QED) is 0.584. The van der Waals surface area contributed by atoms with Gasteiger partial charge in [0.1, 0.15) is 12.1 Å². The van der Waals surface area contributed by atoms with Crippen LogP contribution >= 0.6 is 0 Å². The Kier molecular flexibility index (Phi) is 5.29. The van der Waals surface area contributed by atoms with E-state index in [4.69, 9.17) is 4.74 Å². The largest absolute Gasteiger partial charge is 0.384 e. The summed E-state index contributed by atoms with van der Waals surface area (Å²) in [7, 11) is 1.67. The molecule has 3 fully saturated rings. The lowest BCUT2D eigenvalue weighted by Gasteiger charge is -2.37. The predicted molar refractivity (Wildman–Crippen MR) is 90.9 cm³/mol. The summed E-state index contributed by atoms with van der Waals surface area (Å²) in [6.45, 7) is 2.66. The van der Waals surface area contributed by atoms with Crippen LogP contribution in [0.3, 0.4) is 0 Å². The third-order valence-corrected chi connectivity index (χ3v) is 5.78. The molecular weight excluding hydrogens is 324 g/mol. The predicted octanol–water partition coefficient (Wildman–Crippen LogP) is -0.0166. The van der Waals surface area contributed by atoms with Crippen molar-refractivity contribution in [2.24, 2.45) is 5.41 Å². The Balaban J connectivity index is 1.55. The Labute approximate surface area is 148 Å². The van der Waals surface area contributed by atoms with Gasteiger partial charge in [-0.05, 0) is 38.8 Å². The number of imide groups is 1. The van der Waals surface area contributed by atoms with Gasteiger partial charge in [0.2, 0.25) is 5.91 Å². The van der Waals surface area contributed by atoms with Crippen LogP contribution in [-0.4, -0.2) is 68.2 Å². The zero-order valence-corrected chi connectivity index (χ0v) is 14.9. The molecule has 3 rings (SSSR count). The lowest BCUT2D eigenvalue weighted by molar-refractivity contribution is -0.135. The molecule has 0 aromatic heterocycles. The summed E-state index contributed by atoms with van der Waals surface area (Å²) in [5.41, 5.74) is -0.844. The fourth-order valence-electron chi connectivity index (χ4n) is 4.26. The molecule has 1 aliphatic carbocycles. The monoisotopic (exact) mass is 352 g/mol. The number of nitrogens with one attached hydrogen (secondary N) is 3. The standard InChI is InChI=1S/C17H28N4O4/c1-25-12-16(6-8-18-9-7-16)11-19-13(22)10-21-14(23)17(20-15(21)24)4-2-3-5-17/h18H,2-12H2,1H3,(H,19,22)(H,20,24). The molecule has 4 amide bonds. The van der Waals surface area contributed by atoms with E-state index >= 15 is 0 Å². The summed E-state index contributed by atoms with van der Waals surface area (Å²) in [6, 6.07) is -0.449. The minimum atomic E-state index is -0.760. The minimum absolute atomic E-state index is 0.0837. The first-order valence-electron chi connectivity index (χ1n) is 9.11. The van der Waals surface area contributed by atoms with Gasteiger partial charge in [-0.2, -0.15) is 0 Å². The number of nitrogens with zero attached hydrogens (tertiary/aromatic N) is 1. The van der Waals surface area contributed by atoms with Crippen LogP contribution in [0.15, 0.2) is 0 Å². The molecule has 8 heteroatoms. The van der Waals surface area contributed by atoms with E-state index in [-0.39, 0.29) is 23.8 Å². The smallest absolute Gasteiger partial charge is 0.325 e. The molecule has 2 heterocycles. The molecule has 1 saturated carbocycles. The third kappa shape index (κ3) is 3.64. The van der Waals surface area contributed by atoms with Gasteiger partial charge in [0.05, 0.1) is 6.61 Å². The molecule has 0 bridgehead atoms. The fraction of sp³-hybridized carbons (Fsp3) is 0.824. The maximum absolute atomic E-state index is 12.6. The van der Waals surface area contributed by atoms with Crippen LogP contribution < -0.4 is 16.0 Å². The zero-order chi connectivity index (χ0) is 17.9. The van der Waals surface area contributed by atoms with Crippen LogP contribution in [0.5, 0.6) is 0 Å². The van der Waals surface area contributed by atoms with Crippen LogP contribution in [0.2, 0.25) is 0 Å². The van der Waals surface area contributed by atoms with E-state index in [1.807, 2.05) is 0 Å². The summed E-state index contributed by atoms with van der Waals surface area (Å²) >= 11 is 0. The summed E-state index contributed by atoms with van der Waals surface area (Å²) in [6.07, 6.45) is 5.04. The summed E-state index contributed by atoms with van der Waals surface area (Å²) in [5, 5.41) is 9.01. The molecule has 3 aliphatic rings. The van der Waals surface area contributed by atoms with Crippen molar-refractivity contribution in [2.75, 3.05) is 39.9 Å². The number of rotatable bonds is 6. The highest BCUT2D eigenvalue weighted by molar-refractivity contribution is 6.09. The van der Waals surface area contributed by atoms with Gasteiger partial charge in [0, 0.05) is 19.1 Å². The highest BCUT2D eigenvalue weighted by atomic mass is 16.5. The SMILES string of the molecule is COCC1(CNC(=O)CN2C(=O)NC3(CCCC3)C2=O)CCNCC1. The number of piperidine rings is 1. The molecule has 25 heavy (non-hydrogen) atoms. The number of methoxy groups -OCH3 is 1. The summed E-state index contributed by atoms with van der Waals surface area (Å²) in [4.78, 5) is 38.1. The number of ether oxygens (including phenoxy) is 1. The first kappa shape index (κ1) is 18.1. The second kappa shape index (κ2) is 7.29. The van der Waals surface area contributed by atoms with Crippen molar-refractivity contribution in [1.82, 2.24) is 20.9 Å². The Morgan fingerprint density at radius 3 is 2.52 bits per heavy atom. The third-order valence-electron chi connectivity index (χ3n) is 5.78. The molecule has 0 atom stereocenters. The van der Waals surface area contributed by atoms with Crippen LogP contribution in [0.4, 0.5) is 4.79 Å². The van der Waals surface area contributed by atoms with Crippen molar-refractivity contribution >= 4 is 17.8 Å². The molecule has 3 N–H and O–H groups in total. The van der Waals surface area contributed by atoms with E-state index in [0.717, 1.165) is 43.7 Å². The molecular formula is C17H28N4O4. The average molecular weight is 352 g/mol. The fourth-order valence-corrected chi connectivity index (χ4v) is 4.26. The van der Waals surface area contributed by atoms with Crippen molar-refractivity contribution < 1.29 is 19.1 Å². The Morgan fingerprint density at radius 2 is 1.88 bits per heavy atom. The van der Waals surface area contributed by atoms with E-state index in [0.29, 0.717) is 26.0 Å². The maximum atomic E-state index is 12.6. The number of hydrogen-bond acceptors (Lipinski definition) is 5. The van der Waals surface area contributed by atoms with Crippen molar-refractivity contribution in [3.63, 3.8) is 0 Å².